The van der Waals surface area contributed by atoms with Crippen LogP contribution in [0.3, 0.4) is 0 Å². The second-order valence-electron chi connectivity index (χ2n) is 8.43. The van der Waals surface area contributed by atoms with Crippen molar-refractivity contribution in [2.75, 3.05) is 6.61 Å². The van der Waals surface area contributed by atoms with E-state index in [1.807, 2.05) is 26.8 Å². The first kappa shape index (κ1) is 23.7. The van der Waals surface area contributed by atoms with E-state index in [2.05, 4.69) is 15.7 Å². The highest BCUT2D eigenvalue weighted by atomic mass is 16.5. The summed E-state index contributed by atoms with van der Waals surface area (Å²) in [5, 5.41) is 4.07. The molecule has 0 fully saturated rings. The van der Waals surface area contributed by atoms with Crippen molar-refractivity contribution in [2.24, 2.45) is 0 Å². The van der Waals surface area contributed by atoms with Crippen LogP contribution >= 0.6 is 0 Å². The molecule has 2 heterocycles. The maximum Gasteiger partial charge on any atom is 0.359 e. The Labute approximate surface area is 189 Å². The lowest BCUT2D eigenvalue weighted by Crippen LogP contribution is -2.25. The quantitative estimate of drug-likeness (QED) is 0.311. The molecule has 0 bridgehead atoms. The van der Waals surface area contributed by atoms with E-state index < -0.39 is 5.97 Å². The second-order valence-corrected chi connectivity index (χ2v) is 8.43. The fourth-order valence-corrected chi connectivity index (χ4v) is 4.12. The SMILES string of the molecule is CCCCn1nc(C(=O)OCC(=O)c2cc(C)n(CCC3=CCCCC3)c2C)ccc1=O. The Kier molecular flexibility index (Phi) is 8.20. The summed E-state index contributed by atoms with van der Waals surface area (Å²) in [5.74, 6) is -0.949. The van der Waals surface area contributed by atoms with Gasteiger partial charge in [-0.15, -0.1) is 0 Å². The highest BCUT2D eigenvalue weighted by Crippen LogP contribution is 2.23. The van der Waals surface area contributed by atoms with Crippen molar-refractivity contribution >= 4 is 11.8 Å². The van der Waals surface area contributed by atoms with E-state index in [0.717, 1.165) is 37.2 Å². The van der Waals surface area contributed by atoms with Gasteiger partial charge in [0.05, 0.1) is 0 Å². The molecule has 1 aliphatic carbocycles. The molecule has 2 aromatic rings. The topological polar surface area (TPSA) is 83.2 Å². The van der Waals surface area contributed by atoms with Gasteiger partial charge in [0, 0.05) is 36.1 Å². The third-order valence-electron chi connectivity index (χ3n) is 6.05. The van der Waals surface area contributed by atoms with E-state index in [-0.39, 0.29) is 23.6 Å². The zero-order valence-corrected chi connectivity index (χ0v) is 19.4. The van der Waals surface area contributed by atoms with E-state index in [0.29, 0.717) is 12.1 Å². The van der Waals surface area contributed by atoms with Crippen LogP contribution < -0.4 is 5.56 Å². The molecule has 0 N–H and O–H groups in total. The van der Waals surface area contributed by atoms with Crippen LogP contribution in [0.15, 0.2) is 34.6 Å². The number of Topliss-reactive ketones (excluding diaryl/α,β-unsaturated/α-hetero) is 1. The number of carbonyl (C=O) groups is 2. The number of nitrogens with zero attached hydrogens (tertiary/aromatic N) is 3. The zero-order valence-electron chi connectivity index (χ0n) is 19.4. The molecule has 0 atom stereocenters. The molecule has 0 amide bonds. The molecular weight excluding hydrogens is 406 g/mol. The molecule has 0 saturated carbocycles. The summed E-state index contributed by atoms with van der Waals surface area (Å²) in [7, 11) is 0. The number of ketones is 1. The normalized spacial score (nSPS) is 13.7. The number of esters is 1. The Bertz CT molecular complexity index is 1060. The largest absolute Gasteiger partial charge is 0.453 e. The van der Waals surface area contributed by atoms with Crippen molar-refractivity contribution in [3.63, 3.8) is 0 Å². The first-order valence-corrected chi connectivity index (χ1v) is 11.5. The first-order chi connectivity index (χ1) is 15.4. The van der Waals surface area contributed by atoms with Gasteiger partial charge in [0.2, 0.25) is 5.78 Å². The summed E-state index contributed by atoms with van der Waals surface area (Å²) in [6.45, 7) is 6.87. The van der Waals surface area contributed by atoms with Gasteiger partial charge in [-0.2, -0.15) is 5.10 Å². The third kappa shape index (κ3) is 5.84. The monoisotopic (exact) mass is 439 g/mol. The van der Waals surface area contributed by atoms with Crippen molar-refractivity contribution in [1.29, 1.82) is 0 Å². The van der Waals surface area contributed by atoms with Gasteiger partial charge >= 0.3 is 5.97 Å². The molecule has 2 aromatic heterocycles. The van der Waals surface area contributed by atoms with Crippen molar-refractivity contribution in [3.05, 3.63) is 62.8 Å². The Hall–Kier alpha value is -2.96. The molecule has 0 spiro atoms. The van der Waals surface area contributed by atoms with Crippen molar-refractivity contribution in [1.82, 2.24) is 14.3 Å². The van der Waals surface area contributed by atoms with Gasteiger partial charge in [0.1, 0.15) is 0 Å². The fourth-order valence-electron chi connectivity index (χ4n) is 4.12. The number of hydrogen-bond acceptors (Lipinski definition) is 5. The van der Waals surface area contributed by atoms with E-state index >= 15 is 0 Å². The summed E-state index contributed by atoms with van der Waals surface area (Å²) < 4.78 is 8.64. The van der Waals surface area contributed by atoms with Crippen molar-refractivity contribution in [2.45, 2.75) is 78.8 Å². The van der Waals surface area contributed by atoms with Crippen LogP contribution in [0.4, 0.5) is 0 Å². The minimum absolute atomic E-state index is 0.0275. The number of aryl methyl sites for hydroxylation is 2. The van der Waals surface area contributed by atoms with Gasteiger partial charge in [-0.1, -0.05) is 25.0 Å². The smallest absolute Gasteiger partial charge is 0.359 e. The van der Waals surface area contributed by atoms with Crippen LogP contribution in [-0.4, -0.2) is 32.7 Å². The summed E-state index contributed by atoms with van der Waals surface area (Å²) >= 11 is 0. The lowest BCUT2D eigenvalue weighted by Gasteiger charge is -2.15. The lowest BCUT2D eigenvalue weighted by atomic mass is 9.97. The summed E-state index contributed by atoms with van der Waals surface area (Å²) in [6.07, 6.45) is 9.92. The van der Waals surface area contributed by atoms with Crippen LogP contribution in [0.2, 0.25) is 0 Å². The van der Waals surface area contributed by atoms with E-state index in [9.17, 15) is 14.4 Å². The van der Waals surface area contributed by atoms with Gasteiger partial charge < -0.3 is 9.30 Å². The number of unbranched alkanes of at least 4 members (excludes halogenated alkanes) is 1. The van der Waals surface area contributed by atoms with E-state index in [1.165, 1.54) is 48.1 Å². The van der Waals surface area contributed by atoms with Crippen molar-refractivity contribution < 1.29 is 14.3 Å². The zero-order chi connectivity index (χ0) is 23.1. The molecule has 1 aliphatic rings. The highest BCUT2D eigenvalue weighted by molar-refractivity contribution is 6.00. The van der Waals surface area contributed by atoms with Crippen molar-refractivity contribution in [3.8, 4) is 0 Å². The summed E-state index contributed by atoms with van der Waals surface area (Å²) in [4.78, 5) is 37.0. The minimum Gasteiger partial charge on any atom is -0.453 e. The Morgan fingerprint density at radius 2 is 1.97 bits per heavy atom. The predicted molar refractivity (Wildman–Crippen MR) is 123 cm³/mol. The van der Waals surface area contributed by atoms with Crippen LogP contribution in [-0.2, 0) is 17.8 Å². The van der Waals surface area contributed by atoms with Gasteiger partial charge in [-0.3, -0.25) is 9.59 Å². The number of allylic oxidation sites excluding steroid dienone is 2. The summed E-state index contributed by atoms with van der Waals surface area (Å²) in [6, 6.07) is 4.50. The Morgan fingerprint density at radius 1 is 1.16 bits per heavy atom. The van der Waals surface area contributed by atoms with Gasteiger partial charge in [-0.05, 0) is 64.5 Å². The Morgan fingerprint density at radius 3 is 2.69 bits per heavy atom. The highest BCUT2D eigenvalue weighted by Gasteiger charge is 2.19. The summed E-state index contributed by atoms with van der Waals surface area (Å²) in [5.41, 5.74) is 3.76. The standard InChI is InChI=1S/C25H33N3O4/c1-4-5-14-28-24(30)12-11-22(26-28)25(31)32-17-23(29)21-16-18(2)27(19(21)3)15-13-20-9-7-6-8-10-20/h9,11-12,16H,4-8,10,13-15,17H2,1-3H3. The van der Waals surface area contributed by atoms with E-state index in [4.69, 9.17) is 4.74 Å². The number of carbonyl (C=O) groups excluding carboxylic acids is 2. The van der Waals surface area contributed by atoms with E-state index in [1.54, 1.807) is 0 Å². The average Bonchev–Trinajstić information content (AvgIpc) is 3.09. The molecule has 7 heteroatoms. The second kappa shape index (κ2) is 11.1. The molecule has 0 radical (unpaired) electrons. The molecule has 0 unspecified atom stereocenters. The molecular formula is C25H33N3O4. The van der Waals surface area contributed by atoms with Crippen LogP contribution in [0.25, 0.3) is 0 Å². The number of hydrogen-bond donors (Lipinski definition) is 0. The Balaban J connectivity index is 1.61. The molecule has 0 aromatic carbocycles. The number of aromatic nitrogens is 3. The average molecular weight is 440 g/mol. The van der Waals surface area contributed by atoms with Gasteiger partial charge in [-0.25, -0.2) is 9.48 Å². The molecule has 0 aliphatic heterocycles. The predicted octanol–water partition coefficient (Wildman–Crippen LogP) is 4.39. The molecule has 172 valence electrons. The van der Waals surface area contributed by atoms with Crippen LogP contribution in [0.5, 0.6) is 0 Å². The van der Waals surface area contributed by atoms with Gasteiger partial charge in [0.15, 0.2) is 12.3 Å². The molecule has 3 rings (SSSR count). The number of ether oxygens (including phenoxy) is 1. The molecule has 7 nitrogen and oxygen atoms in total. The fraction of sp³-hybridized carbons (Fsp3) is 0.520. The van der Waals surface area contributed by atoms with Crippen LogP contribution in [0, 0.1) is 13.8 Å². The van der Waals surface area contributed by atoms with Crippen LogP contribution in [0.1, 0.15) is 84.1 Å². The third-order valence-corrected chi connectivity index (χ3v) is 6.05. The first-order valence-electron chi connectivity index (χ1n) is 11.5. The maximum absolute atomic E-state index is 12.8. The number of rotatable bonds is 10. The molecule has 32 heavy (non-hydrogen) atoms. The van der Waals surface area contributed by atoms with Gasteiger partial charge in [0.25, 0.3) is 5.56 Å². The lowest BCUT2D eigenvalue weighted by molar-refractivity contribution is 0.0466. The minimum atomic E-state index is -0.707. The maximum atomic E-state index is 12.8. The molecule has 0 saturated heterocycles.